The van der Waals surface area contributed by atoms with E-state index in [1.165, 1.54) is 6.20 Å². The van der Waals surface area contributed by atoms with E-state index in [2.05, 4.69) is 20.4 Å². The van der Waals surface area contributed by atoms with Gasteiger partial charge in [0.05, 0.1) is 24.0 Å². The molecule has 2 saturated heterocycles. The molecule has 2 aromatic heterocycles. The van der Waals surface area contributed by atoms with E-state index in [-0.39, 0.29) is 23.3 Å². The zero-order valence-electron chi connectivity index (χ0n) is 15.0. The Morgan fingerprint density at radius 1 is 1.23 bits per heavy atom. The molecule has 0 aliphatic carbocycles. The fourth-order valence-corrected chi connectivity index (χ4v) is 3.90. The molecule has 2 aromatic rings. The first-order chi connectivity index (χ1) is 12.5. The Hall–Kier alpha value is -2.77. The van der Waals surface area contributed by atoms with Gasteiger partial charge in [-0.3, -0.25) is 19.3 Å². The standard InChI is InChI=1S/C18H22N6O2/c1-12-8-20-15(10-19-12)17(26)24-5-3-18(4-6-24)7-14(16(25)22-18)13-9-21-23(2)11-13/h8-11,14H,3-7H2,1-2H3,(H,22,25). The number of aromatic nitrogens is 4. The van der Waals surface area contributed by atoms with Gasteiger partial charge in [-0.1, -0.05) is 0 Å². The van der Waals surface area contributed by atoms with Crippen LogP contribution in [0.2, 0.25) is 0 Å². The number of amides is 2. The molecule has 2 amide bonds. The summed E-state index contributed by atoms with van der Waals surface area (Å²) in [5, 5.41) is 7.37. The van der Waals surface area contributed by atoms with E-state index in [1.54, 1.807) is 22.0 Å². The first-order valence-electron chi connectivity index (χ1n) is 8.84. The number of aryl methyl sites for hydroxylation is 2. The van der Waals surface area contributed by atoms with Crippen molar-refractivity contribution in [2.45, 2.75) is 37.6 Å². The molecular formula is C18H22N6O2. The van der Waals surface area contributed by atoms with E-state index in [0.29, 0.717) is 18.8 Å². The van der Waals surface area contributed by atoms with Gasteiger partial charge in [0.2, 0.25) is 5.91 Å². The number of piperidine rings is 1. The van der Waals surface area contributed by atoms with Gasteiger partial charge in [0.1, 0.15) is 5.69 Å². The number of nitrogens with zero attached hydrogens (tertiary/aromatic N) is 5. The predicted octanol–water partition coefficient (Wildman–Crippen LogP) is 0.797. The highest BCUT2D eigenvalue weighted by molar-refractivity contribution is 5.92. The monoisotopic (exact) mass is 354 g/mol. The van der Waals surface area contributed by atoms with Crippen LogP contribution < -0.4 is 5.32 Å². The zero-order valence-corrected chi connectivity index (χ0v) is 15.0. The second-order valence-corrected chi connectivity index (χ2v) is 7.31. The lowest BCUT2D eigenvalue weighted by Gasteiger charge is -2.39. The van der Waals surface area contributed by atoms with Crippen LogP contribution in [-0.2, 0) is 11.8 Å². The van der Waals surface area contributed by atoms with Gasteiger partial charge in [-0.25, -0.2) is 4.98 Å². The lowest BCUT2D eigenvalue weighted by atomic mass is 9.82. The summed E-state index contributed by atoms with van der Waals surface area (Å²) in [7, 11) is 1.85. The zero-order chi connectivity index (χ0) is 18.3. The van der Waals surface area contributed by atoms with Gasteiger partial charge >= 0.3 is 0 Å². The Morgan fingerprint density at radius 3 is 2.62 bits per heavy atom. The normalized spacial score (nSPS) is 21.8. The van der Waals surface area contributed by atoms with E-state index in [9.17, 15) is 9.59 Å². The Morgan fingerprint density at radius 2 is 2.00 bits per heavy atom. The van der Waals surface area contributed by atoms with Crippen LogP contribution in [0.15, 0.2) is 24.8 Å². The Labute approximate surface area is 151 Å². The summed E-state index contributed by atoms with van der Waals surface area (Å²) in [4.78, 5) is 35.2. The van der Waals surface area contributed by atoms with E-state index in [0.717, 1.165) is 30.5 Å². The van der Waals surface area contributed by atoms with Crippen LogP contribution in [-0.4, -0.2) is 55.1 Å². The molecule has 26 heavy (non-hydrogen) atoms. The molecule has 1 N–H and O–H groups in total. The van der Waals surface area contributed by atoms with Crippen molar-refractivity contribution in [3.8, 4) is 0 Å². The SMILES string of the molecule is Cc1cnc(C(=O)N2CCC3(CC2)CC(c2cnn(C)c2)C(=O)N3)cn1. The lowest BCUT2D eigenvalue weighted by Crippen LogP contribution is -2.52. The average Bonchev–Trinajstić information content (AvgIpc) is 3.19. The molecule has 1 spiro atoms. The fourth-order valence-electron chi connectivity index (χ4n) is 3.90. The number of hydrogen-bond acceptors (Lipinski definition) is 5. The topological polar surface area (TPSA) is 93.0 Å². The van der Waals surface area contributed by atoms with Crippen molar-refractivity contribution in [1.82, 2.24) is 30.0 Å². The van der Waals surface area contributed by atoms with Crippen molar-refractivity contribution in [1.29, 1.82) is 0 Å². The van der Waals surface area contributed by atoms with Crippen LogP contribution in [0.3, 0.4) is 0 Å². The van der Waals surface area contributed by atoms with Crippen LogP contribution in [0.1, 0.15) is 46.9 Å². The summed E-state index contributed by atoms with van der Waals surface area (Å²) in [6.07, 6.45) is 9.05. The molecule has 8 heteroatoms. The molecule has 1 unspecified atom stereocenters. The van der Waals surface area contributed by atoms with E-state index >= 15 is 0 Å². The van der Waals surface area contributed by atoms with Gasteiger partial charge in [-0.15, -0.1) is 0 Å². The fraction of sp³-hybridized carbons (Fsp3) is 0.500. The summed E-state index contributed by atoms with van der Waals surface area (Å²) in [5.41, 5.74) is 1.88. The minimum absolute atomic E-state index is 0.0576. The molecule has 2 aliphatic heterocycles. The molecule has 4 heterocycles. The molecule has 2 aliphatic rings. The molecule has 1 atom stereocenters. The Balaban J connectivity index is 1.42. The van der Waals surface area contributed by atoms with Crippen LogP contribution in [0, 0.1) is 6.92 Å². The largest absolute Gasteiger partial charge is 0.350 e. The molecular weight excluding hydrogens is 332 g/mol. The molecule has 4 rings (SSSR count). The van der Waals surface area contributed by atoms with Gasteiger partial charge in [-0.05, 0) is 26.2 Å². The summed E-state index contributed by atoms with van der Waals surface area (Å²) in [5.74, 6) is -0.198. The number of rotatable bonds is 2. The summed E-state index contributed by atoms with van der Waals surface area (Å²) in [6.45, 7) is 3.05. The van der Waals surface area contributed by atoms with Crippen molar-refractivity contribution >= 4 is 11.8 Å². The second kappa shape index (κ2) is 6.19. The van der Waals surface area contributed by atoms with Gasteiger partial charge in [-0.2, -0.15) is 5.10 Å². The Bertz CT molecular complexity index is 836. The lowest BCUT2D eigenvalue weighted by molar-refractivity contribution is -0.121. The maximum Gasteiger partial charge on any atom is 0.274 e. The summed E-state index contributed by atoms with van der Waals surface area (Å²) >= 11 is 0. The molecule has 8 nitrogen and oxygen atoms in total. The minimum atomic E-state index is -0.229. The van der Waals surface area contributed by atoms with Crippen LogP contribution in [0.25, 0.3) is 0 Å². The maximum absolute atomic E-state index is 12.6. The summed E-state index contributed by atoms with van der Waals surface area (Å²) in [6, 6.07) is 0. The summed E-state index contributed by atoms with van der Waals surface area (Å²) < 4.78 is 1.72. The third-order valence-corrected chi connectivity index (χ3v) is 5.43. The van der Waals surface area contributed by atoms with Gasteiger partial charge in [0, 0.05) is 43.6 Å². The molecule has 0 aromatic carbocycles. The molecule has 0 saturated carbocycles. The van der Waals surface area contributed by atoms with Crippen molar-refractivity contribution < 1.29 is 9.59 Å². The molecule has 0 bridgehead atoms. The highest BCUT2D eigenvalue weighted by Crippen LogP contribution is 2.39. The quantitative estimate of drug-likeness (QED) is 0.861. The smallest absolute Gasteiger partial charge is 0.274 e. The van der Waals surface area contributed by atoms with E-state index in [1.807, 2.05) is 20.2 Å². The minimum Gasteiger partial charge on any atom is -0.350 e. The van der Waals surface area contributed by atoms with Crippen LogP contribution in [0.5, 0.6) is 0 Å². The van der Waals surface area contributed by atoms with E-state index in [4.69, 9.17) is 0 Å². The van der Waals surface area contributed by atoms with Crippen molar-refractivity contribution in [3.63, 3.8) is 0 Å². The number of nitrogens with one attached hydrogen (secondary N) is 1. The van der Waals surface area contributed by atoms with Gasteiger partial charge in [0.15, 0.2) is 0 Å². The number of carbonyl (C=O) groups excluding carboxylic acids is 2. The van der Waals surface area contributed by atoms with Gasteiger partial charge in [0.25, 0.3) is 5.91 Å². The molecule has 0 radical (unpaired) electrons. The first kappa shape index (κ1) is 16.7. The molecule has 136 valence electrons. The van der Waals surface area contributed by atoms with E-state index < -0.39 is 0 Å². The predicted molar refractivity (Wildman–Crippen MR) is 93.3 cm³/mol. The number of likely N-dealkylation sites (tertiary alicyclic amines) is 1. The van der Waals surface area contributed by atoms with Crippen LogP contribution >= 0.6 is 0 Å². The van der Waals surface area contributed by atoms with Crippen LogP contribution in [0.4, 0.5) is 0 Å². The second-order valence-electron chi connectivity index (χ2n) is 7.31. The first-order valence-corrected chi connectivity index (χ1v) is 8.84. The third kappa shape index (κ3) is 2.95. The molecule has 2 fully saturated rings. The highest BCUT2D eigenvalue weighted by Gasteiger charge is 2.47. The number of carbonyl (C=O) groups is 2. The van der Waals surface area contributed by atoms with Crippen molar-refractivity contribution in [2.24, 2.45) is 7.05 Å². The average molecular weight is 354 g/mol. The third-order valence-electron chi connectivity index (χ3n) is 5.43. The van der Waals surface area contributed by atoms with Crippen molar-refractivity contribution in [3.05, 3.63) is 41.7 Å². The highest BCUT2D eigenvalue weighted by atomic mass is 16.2. The van der Waals surface area contributed by atoms with Gasteiger partial charge < -0.3 is 10.2 Å². The Kier molecular flexibility index (Phi) is 3.97. The maximum atomic E-state index is 12.6. The number of hydrogen-bond donors (Lipinski definition) is 1. The van der Waals surface area contributed by atoms with Crippen molar-refractivity contribution in [2.75, 3.05) is 13.1 Å².